The molecule has 0 aliphatic heterocycles. The van der Waals surface area contributed by atoms with Crippen molar-refractivity contribution in [1.82, 2.24) is 5.32 Å². The Morgan fingerprint density at radius 3 is 2.73 bits per heavy atom. The monoisotopic (exact) mass is 335 g/mol. The average molecular weight is 335 g/mol. The number of nitrogens with one attached hydrogen (secondary N) is 1. The first kappa shape index (κ1) is 17.1. The molecule has 1 heterocycles. The second kappa shape index (κ2) is 8.98. The van der Waals surface area contributed by atoms with Gasteiger partial charge in [-0.1, -0.05) is 29.8 Å². The predicted molar refractivity (Wildman–Crippen MR) is 95.9 cm³/mol. The first-order valence-electron chi connectivity index (χ1n) is 7.33. The summed E-state index contributed by atoms with van der Waals surface area (Å²) in [6.45, 7) is 2.94. The highest BCUT2D eigenvalue weighted by Gasteiger charge is 2.13. The topological polar surface area (TPSA) is 49.3 Å². The van der Waals surface area contributed by atoms with Gasteiger partial charge in [-0.25, -0.2) is 0 Å². The Morgan fingerprint density at radius 2 is 2.00 bits per heavy atom. The molecule has 0 bridgehead atoms. The summed E-state index contributed by atoms with van der Waals surface area (Å²) >= 11 is 3.22. The van der Waals surface area contributed by atoms with Crippen LogP contribution in [-0.2, 0) is 0 Å². The molecule has 0 aliphatic carbocycles. The number of aliphatic hydroxyl groups excluding tert-OH is 1. The second-order valence-corrected chi connectivity index (χ2v) is 7.12. The Morgan fingerprint density at radius 1 is 1.23 bits per heavy atom. The highest BCUT2D eigenvalue weighted by Crippen LogP contribution is 2.28. The lowest BCUT2D eigenvalue weighted by molar-refractivity contribution is 0.0961. The van der Waals surface area contributed by atoms with Crippen LogP contribution < -0.4 is 5.32 Å². The van der Waals surface area contributed by atoms with Crippen molar-refractivity contribution in [3.05, 3.63) is 46.2 Å². The fourth-order valence-corrected chi connectivity index (χ4v) is 3.65. The SMILES string of the molecule is Cc1ccc(-c2ccsc2C(=O)NCCSCCCO)cc1. The summed E-state index contributed by atoms with van der Waals surface area (Å²) in [5, 5.41) is 13.6. The van der Waals surface area contributed by atoms with Crippen molar-refractivity contribution >= 4 is 29.0 Å². The zero-order chi connectivity index (χ0) is 15.8. The molecule has 5 heteroatoms. The number of amides is 1. The summed E-state index contributed by atoms with van der Waals surface area (Å²) in [6.07, 6.45) is 0.807. The Bertz CT molecular complexity index is 593. The van der Waals surface area contributed by atoms with Crippen LogP contribution in [0.25, 0.3) is 11.1 Å². The second-order valence-electron chi connectivity index (χ2n) is 4.97. The standard InChI is InChI=1S/C17H21NO2S2/c1-13-3-5-14(6-4-13)15-7-11-22-16(15)17(20)18-8-12-21-10-2-9-19/h3-7,11,19H,2,8-10,12H2,1H3,(H,18,20). The molecule has 1 aromatic carbocycles. The van der Waals surface area contributed by atoms with Crippen LogP contribution in [0.1, 0.15) is 21.7 Å². The molecule has 0 unspecified atom stereocenters. The van der Waals surface area contributed by atoms with Gasteiger partial charge in [0.1, 0.15) is 0 Å². The normalized spacial score (nSPS) is 10.6. The van der Waals surface area contributed by atoms with Gasteiger partial charge in [-0.3, -0.25) is 4.79 Å². The van der Waals surface area contributed by atoms with Crippen LogP contribution in [0.3, 0.4) is 0 Å². The third kappa shape index (κ3) is 4.87. The van der Waals surface area contributed by atoms with Gasteiger partial charge in [0, 0.05) is 24.5 Å². The number of thioether (sulfide) groups is 1. The van der Waals surface area contributed by atoms with E-state index in [0.717, 1.165) is 33.9 Å². The predicted octanol–water partition coefficient (Wildman–Crippen LogP) is 3.57. The van der Waals surface area contributed by atoms with E-state index in [-0.39, 0.29) is 12.5 Å². The Hall–Kier alpha value is -1.30. The van der Waals surface area contributed by atoms with Crippen molar-refractivity contribution in [1.29, 1.82) is 0 Å². The molecule has 2 N–H and O–H groups in total. The third-order valence-corrected chi connectivity index (χ3v) is 5.20. The molecular weight excluding hydrogens is 314 g/mol. The minimum absolute atomic E-state index is 0.00617. The highest BCUT2D eigenvalue weighted by molar-refractivity contribution is 7.99. The number of rotatable bonds is 8. The van der Waals surface area contributed by atoms with E-state index in [4.69, 9.17) is 5.11 Å². The lowest BCUT2D eigenvalue weighted by Gasteiger charge is -2.06. The largest absolute Gasteiger partial charge is 0.396 e. The van der Waals surface area contributed by atoms with Gasteiger partial charge in [0.25, 0.3) is 5.91 Å². The fraction of sp³-hybridized carbons (Fsp3) is 0.353. The van der Waals surface area contributed by atoms with Crippen LogP contribution >= 0.6 is 23.1 Å². The van der Waals surface area contributed by atoms with E-state index in [1.165, 1.54) is 16.9 Å². The van der Waals surface area contributed by atoms with Crippen molar-refractivity contribution in [2.75, 3.05) is 24.7 Å². The number of thiophene rings is 1. The fourth-order valence-electron chi connectivity index (χ4n) is 2.03. The van der Waals surface area contributed by atoms with E-state index < -0.39 is 0 Å². The number of benzene rings is 1. The Labute approximate surface area is 139 Å². The quantitative estimate of drug-likeness (QED) is 0.725. The van der Waals surface area contributed by atoms with Crippen LogP contribution in [-0.4, -0.2) is 35.7 Å². The first-order valence-corrected chi connectivity index (χ1v) is 9.37. The number of aliphatic hydroxyl groups is 1. The van der Waals surface area contributed by atoms with Gasteiger partial charge >= 0.3 is 0 Å². The maximum atomic E-state index is 12.3. The van der Waals surface area contributed by atoms with Gasteiger partial charge < -0.3 is 10.4 Å². The number of carbonyl (C=O) groups is 1. The number of carbonyl (C=O) groups excluding carboxylic acids is 1. The summed E-state index contributed by atoms with van der Waals surface area (Å²) in [6, 6.07) is 10.2. The molecule has 0 radical (unpaired) electrons. The molecule has 3 nitrogen and oxygen atoms in total. The van der Waals surface area contributed by atoms with E-state index >= 15 is 0 Å². The molecule has 2 aromatic rings. The molecule has 2 rings (SSSR count). The molecule has 118 valence electrons. The van der Waals surface area contributed by atoms with E-state index in [2.05, 4.69) is 36.5 Å². The van der Waals surface area contributed by atoms with Gasteiger partial charge in [-0.15, -0.1) is 11.3 Å². The summed E-state index contributed by atoms with van der Waals surface area (Å²) in [5.41, 5.74) is 3.29. The van der Waals surface area contributed by atoms with Gasteiger partial charge in [-0.2, -0.15) is 11.8 Å². The summed E-state index contributed by atoms with van der Waals surface area (Å²) in [7, 11) is 0. The molecule has 0 atom stereocenters. The molecule has 22 heavy (non-hydrogen) atoms. The summed E-state index contributed by atoms with van der Waals surface area (Å²) in [5.74, 6) is 1.80. The lowest BCUT2D eigenvalue weighted by Crippen LogP contribution is -2.25. The summed E-state index contributed by atoms with van der Waals surface area (Å²) < 4.78 is 0. The minimum Gasteiger partial charge on any atom is -0.396 e. The van der Waals surface area contributed by atoms with E-state index in [9.17, 15) is 4.79 Å². The Balaban J connectivity index is 1.91. The van der Waals surface area contributed by atoms with Gasteiger partial charge in [0.15, 0.2) is 0 Å². The van der Waals surface area contributed by atoms with Gasteiger partial charge in [-0.05, 0) is 36.1 Å². The first-order chi connectivity index (χ1) is 10.7. The minimum atomic E-state index is -0.00617. The molecule has 1 amide bonds. The zero-order valence-corrected chi connectivity index (χ0v) is 14.3. The van der Waals surface area contributed by atoms with Crippen molar-refractivity contribution in [2.24, 2.45) is 0 Å². The van der Waals surface area contributed by atoms with Crippen molar-refractivity contribution in [3.63, 3.8) is 0 Å². The molecule has 1 aromatic heterocycles. The van der Waals surface area contributed by atoms with Crippen molar-refractivity contribution < 1.29 is 9.90 Å². The van der Waals surface area contributed by atoms with Crippen LogP contribution in [0.2, 0.25) is 0 Å². The van der Waals surface area contributed by atoms with Crippen molar-refractivity contribution in [2.45, 2.75) is 13.3 Å². The Kier molecular flexibility index (Phi) is 6.96. The molecular formula is C17H21NO2S2. The van der Waals surface area contributed by atoms with Crippen LogP contribution in [0.15, 0.2) is 35.7 Å². The number of hydrogen-bond acceptors (Lipinski definition) is 4. The molecule has 0 saturated heterocycles. The molecule has 0 saturated carbocycles. The highest BCUT2D eigenvalue weighted by atomic mass is 32.2. The van der Waals surface area contributed by atoms with E-state index in [1.54, 1.807) is 11.8 Å². The average Bonchev–Trinajstić information content (AvgIpc) is 3.01. The molecule has 0 spiro atoms. The van der Waals surface area contributed by atoms with Gasteiger partial charge in [0.05, 0.1) is 4.88 Å². The zero-order valence-electron chi connectivity index (χ0n) is 12.7. The van der Waals surface area contributed by atoms with Crippen LogP contribution in [0.4, 0.5) is 0 Å². The van der Waals surface area contributed by atoms with Gasteiger partial charge in [0.2, 0.25) is 0 Å². The third-order valence-electron chi connectivity index (χ3n) is 3.21. The molecule has 0 fully saturated rings. The van der Waals surface area contributed by atoms with Crippen LogP contribution in [0.5, 0.6) is 0 Å². The number of hydrogen-bond donors (Lipinski definition) is 2. The van der Waals surface area contributed by atoms with Crippen LogP contribution in [0, 0.1) is 6.92 Å². The smallest absolute Gasteiger partial charge is 0.262 e. The van der Waals surface area contributed by atoms with E-state index in [1.807, 2.05) is 11.4 Å². The summed E-state index contributed by atoms with van der Waals surface area (Å²) in [4.78, 5) is 13.1. The van der Waals surface area contributed by atoms with Crippen molar-refractivity contribution in [3.8, 4) is 11.1 Å². The number of aryl methyl sites for hydroxylation is 1. The maximum Gasteiger partial charge on any atom is 0.262 e. The lowest BCUT2D eigenvalue weighted by atomic mass is 10.0. The van der Waals surface area contributed by atoms with E-state index in [0.29, 0.717) is 6.54 Å². The maximum absolute atomic E-state index is 12.3. The molecule has 0 aliphatic rings.